The first kappa shape index (κ1) is 15.6. The molecule has 1 aromatic carbocycles. The molecule has 0 radical (unpaired) electrons. The van der Waals surface area contributed by atoms with Gasteiger partial charge >= 0.3 is 5.97 Å². The third-order valence-electron chi connectivity index (χ3n) is 2.90. The predicted octanol–water partition coefficient (Wildman–Crippen LogP) is 3.75. The van der Waals surface area contributed by atoms with E-state index in [0.717, 1.165) is 0 Å². The van der Waals surface area contributed by atoms with Gasteiger partial charge < -0.3 is 14.2 Å². The maximum atomic E-state index is 12.0. The first-order valence-electron chi connectivity index (χ1n) is 6.32. The lowest BCUT2D eigenvalue weighted by molar-refractivity contribution is -0.170. The summed E-state index contributed by atoms with van der Waals surface area (Å²) in [6, 6.07) is 5.12. The van der Waals surface area contributed by atoms with E-state index in [2.05, 4.69) is 0 Å². The van der Waals surface area contributed by atoms with Crippen LogP contribution in [0.25, 0.3) is 0 Å². The number of carbonyl (C=O) groups is 1. The molecule has 1 fully saturated rings. The fourth-order valence-electron chi connectivity index (χ4n) is 2.15. The average molecular weight is 319 g/mol. The molecule has 4 nitrogen and oxygen atoms in total. The molecule has 0 aliphatic carbocycles. The zero-order valence-electron chi connectivity index (χ0n) is 11.5. The number of benzene rings is 1. The number of hydrogen-bond donors (Lipinski definition) is 0. The highest BCUT2D eigenvalue weighted by molar-refractivity contribution is 6.36. The molecule has 0 spiro atoms. The highest BCUT2D eigenvalue weighted by atomic mass is 35.5. The number of halogens is 2. The maximum absolute atomic E-state index is 12.0. The van der Waals surface area contributed by atoms with Crippen LogP contribution in [0, 0.1) is 0 Å². The van der Waals surface area contributed by atoms with Gasteiger partial charge in [0.15, 0.2) is 11.9 Å². The predicted molar refractivity (Wildman–Crippen MR) is 75.9 cm³/mol. The summed E-state index contributed by atoms with van der Waals surface area (Å²) in [5.41, 5.74) is 0.541. The summed E-state index contributed by atoms with van der Waals surface area (Å²) in [7, 11) is 0. The monoisotopic (exact) mass is 318 g/mol. The van der Waals surface area contributed by atoms with E-state index in [-0.39, 0.29) is 6.61 Å². The Hall–Kier alpha value is -0.810. The summed E-state index contributed by atoms with van der Waals surface area (Å²) in [5.74, 6) is -1.40. The Labute approximate surface area is 127 Å². The van der Waals surface area contributed by atoms with Crippen LogP contribution >= 0.6 is 23.2 Å². The Morgan fingerprint density at radius 1 is 1.30 bits per heavy atom. The van der Waals surface area contributed by atoms with Crippen LogP contribution < -0.4 is 0 Å². The molecule has 1 saturated heterocycles. The van der Waals surface area contributed by atoms with Gasteiger partial charge in [-0.3, -0.25) is 0 Å². The van der Waals surface area contributed by atoms with Gasteiger partial charge in [-0.2, -0.15) is 0 Å². The Bertz CT molecular complexity index is 496. The Morgan fingerprint density at radius 3 is 2.45 bits per heavy atom. The molecule has 6 heteroatoms. The largest absolute Gasteiger partial charge is 0.464 e. The summed E-state index contributed by atoms with van der Waals surface area (Å²) in [5, 5.41) is 0.858. The van der Waals surface area contributed by atoms with Gasteiger partial charge in [-0.1, -0.05) is 29.3 Å². The van der Waals surface area contributed by atoms with E-state index in [4.69, 9.17) is 37.4 Å². The summed E-state index contributed by atoms with van der Waals surface area (Å²) in [4.78, 5) is 12.0. The van der Waals surface area contributed by atoms with Gasteiger partial charge in [0.2, 0.25) is 0 Å². The van der Waals surface area contributed by atoms with Crippen LogP contribution in [-0.4, -0.2) is 24.5 Å². The second-order valence-corrected chi connectivity index (χ2v) is 5.68. The highest BCUT2D eigenvalue weighted by Gasteiger charge is 2.48. The van der Waals surface area contributed by atoms with Crippen LogP contribution in [0.5, 0.6) is 0 Å². The minimum atomic E-state index is -0.912. The highest BCUT2D eigenvalue weighted by Crippen LogP contribution is 2.43. The van der Waals surface area contributed by atoms with Crippen molar-refractivity contribution >= 4 is 29.2 Å². The molecule has 0 bridgehead atoms. The summed E-state index contributed by atoms with van der Waals surface area (Å²) in [6.07, 6.45) is -1.58. The number of esters is 1. The minimum absolute atomic E-state index is 0.266. The minimum Gasteiger partial charge on any atom is -0.464 e. The van der Waals surface area contributed by atoms with Gasteiger partial charge in [-0.25, -0.2) is 4.79 Å². The number of ether oxygens (including phenoxy) is 3. The van der Waals surface area contributed by atoms with Gasteiger partial charge in [-0.15, -0.1) is 0 Å². The molecular formula is C14H16Cl2O4. The SMILES string of the molecule is CCOC(=O)[C@@H]1OC(C)(C)O[C@H]1c1c(Cl)cccc1Cl. The molecule has 0 N–H and O–H groups in total. The smallest absolute Gasteiger partial charge is 0.338 e. The van der Waals surface area contributed by atoms with Crippen molar-refractivity contribution in [2.45, 2.75) is 38.8 Å². The van der Waals surface area contributed by atoms with Crippen LogP contribution in [0.4, 0.5) is 0 Å². The second kappa shape index (κ2) is 5.90. The first-order chi connectivity index (χ1) is 9.35. The first-order valence-corrected chi connectivity index (χ1v) is 7.07. The van der Waals surface area contributed by atoms with E-state index in [0.29, 0.717) is 15.6 Å². The van der Waals surface area contributed by atoms with Crippen molar-refractivity contribution in [1.82, 2.24) is 0 Å². The van der Waals surface area contributed by atoms with E-state index in [1.807, 2.05) is 0 Å². The number of hydrogen-bond acceptors (Lipinski definition) is 4. The van der Waals surface area contributed by atoms with Crippen LogP contribution in [0.15, 0.2) is 18.2 Å². The molecule has 0 unspecified atom stereocenters. The van der Waals surface area contributed by atoms with Crippen molar-refractivity contribution in [1.29, 1.82) is 0 Å². The van der Waals surface area contributed by atoms with E-state index in [9.17, 15) is 4.79 Å². The Balaban J connectivity index is 2.39. The van der Waals surface area contributed by atoms with Gasteiger partial charge in [0, 0.05) is 15.6 Å². The molecule has 110 valence electrons. The van der Waals surface area contributed by atoms with Crippen LogP contribution in [0.2, 0.25) is 10.0 Å². The third kappa shape index (κ3) is 3.09. The Kier molecular flexibility index (Phi) is 4.59. The molecule has 0 saturated carbocycles. The number of rotatable bonds is 3. The zero-order chi connectivity index (χ0) is 14.9. The fraction of sp³-hybridized carbons (Fsp3) is 0.500. The van der Waals surface area contributed by atoms with E-state index in [1.165, 1.54) is 0 Å². The molecule has 1 heterocycles. The van der Waals surface area contributed by atoms with Gasteiger partial charge in [0.1, 0.15) is 6.10 Å². The van der Waals surface area contributed by atoms with Gasteiger partial charge in [0.05, 0.1) is 6.61 Å². The lowest BCUT2D eigenvalue weighted by atomic mass is 10.0. The molecule has 0 aromatic heterocycles. The van der Waals surface area contributed by atoms with Crippen LogP contribution in [0.1, 0.15) is 32.4 Å². The van der Waals surface area contributed by atoms with E-state index >= 15 is 0 Å². The summed E-state index contributed by atoms with van der Waals surface area (Å²) >= 11 is 12.4. The van der Waals surface area contributed by atoms with Crippen molar-refractivity contribution < 1.29 is 19.0 Å². The molecule has 0 amide bonds. The second-order valence-electron chi connectivity index (χ2n) is 4.86. The van der Waals surface area contributed by atoms with Gasteiger partial charge in [0.25, 0.3) is 0 Å². The molecular weight excluding hydrogens is 303 g/mol. The van der Waals surface area contributed by atoms with Crippen molar-refractivity contribution in [3.63, 3.8) is 0 Å². The topological polar surface area (TPSA) is 44.8 Å². The average Bonchev–Trinajstić information content (AvgIpc) is 2.65. The van der Waals surface area contributed by atoms with E-state index in [1.54, 1.807) is 39.0 Å². The van der Waals surface area contributed by atoms with Crippen LogP contribution in [0.3, 0.4) is 0 Å². The zero-order valence-corrected chi connectivity index (χ0v) is 13.0. The van der Waals surface area contributed by atoms with Crippen molar-refractivity contribution in [2.24, 2.45) is 0 Å². The molecule has 1 aromatic rings. The lowest BCUT2D eigenvalue weighted by Crippen LogP contribution is -2.30. The lowest BCUT2D eigenvalue weighted by Gasteiger charge is -2.18. The quantitative estimate of drug-likeness (QED) is 0.796. The molecule has 20 heavy (non-hydrogen) atoms. The summed E-state index contributed by atoms with van der Waals surface area (Å²) < 4.78 is 16.4. The maximum Gasteiger partial charge on any atom is 0.338 e. The van der Waals surface area contributed by atoms with Crippen LogP contribution in [-0.2, 0) is 19.0 Å². The standard InChI is InChI=1S/C14H16Cl2O4/c1-4-18-13(17)12-11(19-14(2,3)20-12)10-8(15)6-5-7-9(10)16/h5-7,11-12H,4H2,1-3H3/t11-,12+/m0/s1. The van der Waals surface area contributed by atoms with Crippen molar-refractivity contribution in [3.8, 4) is 0 Å². The molecule has 2 atom stereocenters. The molecule has 2 rings (SSSR count). The third-order valence-corrected chi connectivity index (χ3v) is 3.56. The molecule has 1 aliphatic heterocycles. The van der Waals surface area contributed by atoms with E-state index < -0.39 is 24.0 Å². The van der Waals surface area contributed by atoms with Crippen molar-refractivity contribution in [3.05, 3.63) is 33.8 Å². The fourth-order valence-corrected chi connectivity index (χ4v) is 2.76. The Morgan fingerprint density at radius 2 is 1.90 bits per heavy atom. The van der Waals surface area contributed by atoms with Crippen molar-refractivity contribution in [2.75, 3.05) is 6.61 Å². The number of carbonyl (C=O) groups excluding carboxylic acids is 1. The molecule has 1 aliphatic rings. The normalized spacial score (nSPS) is 24.6. The summed E-state index contributed by atoms with van der Waals surface area (Å²) in [6.45, 7) is 5.45. The van der Waals surface area contributed by atoms with Gasteiger partial charge in [-0.05, 0) is 32.9 Å².